The quantitative estimate of drug-likeness (QED) is 0.846. The molecule has 1 fully saturated rings. The Kier molecular flexibility index (Phi) is 6.08. The number of hydrogen-bond acceptors (Lipinski definition) is 3. The highest BCUT2D eigenvalue weighted by Crippen LogP contribution is 2.14. The summed E-state index contributed by atoms with van der Waals surface area (Å²) in [6, 6.07) is 1.99. The highest BCUT2D eigenvalue weighted by Gasteiger charge is 2.22. The summed E-state index contributed by atoms with van der Waals surface area (Å²) in [7, 11) is 0. The predicted octanol–water partition coefficient (Wildman–Crippen LogP) is 2.14. The van der Waals surface area contributed by atoms with E-state index in [1.54, 1.807) is 12.3 Å². The van der Waals surface area contributed by atoms with E-state index in [0.29, 0.717) is 29.2 Å². The van der Waals surface area contributed by atoms with Gasteiger partial charge in [-0.25, -0.2) is 0 Å². The van der Waals surface area contributed by atoms with Gasteiger partial charge in [0.15, 0.2) is 0 Å². The molecule has 0 aliphatic carbocycles. The molecule has 1 saturated heterocycles. The van der Waals surface area contributed by atoms with Gasteiger partial charge in [0.05, 0.1) is 18.2 Å². The number of rotatable bonds is 6. The lowest BCUT2D eigenvalue weighted by atomic mass is 10.0. The van der Waals surface area contributed by atoms with Crippen molar-refractivity contribution in [1.29, 1.82) is 0 Å². The average molecular weight is 314 g/mol. The molecule has 0 saturated carbocycles. The van der Waals surface area contributed by atoms with Crippen LogP contribution in [0.4, 0.5) is 0 Å². The van der Waals surface area contributed by atoms with Crippen molar-refractivity contribution in [1.82, 2.24) is 15.2 Å². The lowest BCUT2D eigenvalue weighted by molar-refractivity contribution is 0.0124. The summed E-state index contributed by atoms with van der Waals surface area (Å²) in [5, 5.41) is 3.55. The Morgan fingerprint density at radius 3 is 2.76 bits per heavy atom. The Labute approximate surface area is 131 Å². The van der Waals surface area contributed by atoms with E-state index in [1.807, 2.05) is 0 Å². The number of amides is 1. The number of morpholine rings is 1. The van der Waals surface area contributed by atoms with Crippen LogP contribution in [0.15, 0.2) is 12.3 Å². The molecular weight excluding hydrogens is 290 g/mol. The first kappa shape index (κ1) is 16.3. The van der Waals surface area contributed by atoms with Crippen LogP contribution in [0.5, 0.6) is 0 Å². The fraction of sp³-hybridized carbons (Fsp3) is 0.667. The molecule has 1 atom stereocenters. The third-order valence-electron chi connectivity index (χ3n) is 3.70. The van der Waals surface area contributed by atoms with Gasteiger partial charge in [0, 0.05) is 31.9 Å². The van der Waals surface area contributed by atoms with Crippen molar-refractivity contribution in [2.45, 2.75) is 26.3 Å². The molecule has 2 N–H and O–H groups in total. The SMILES string of the molecule is CC(C)CC(CNC(=O)c1cc(Cl)c[nH]1)N1CCOCC1. The molecule has 0 radical (unpaired) electrons. The van der Waals surface area contributed by atoms with Gasteiger partial charge in [-0.3, -0.25) is 9.69 Å². The minimum absolute atomic E-state index is 0.107. The highest BCUT2D eigenvalue weighted by atomic mass is 35.5. The number of nitrogens with one attached hydrogen (secondary N) is 2. The third-order valence-corrected chi connectivity index (χ3v) is 3.91. The zero-order valence-electron chi connectivity index (χ0n) is 12.7. The lowest BCUT2D eigenvalue weighted by Crippen LogP contribution is -2.49. The Bertz CT molecular complexity index is 456. The van der Waals surface area contributed by atoms with E-state index >= 15 is 0 Å². The maximum absolute atomic E-state index is 12.1. The van der Waals surface area contributed by atoms with Gasteiger partial charge in [0.25, 0.3) is 5.91 Å². The number of aromatic nitrogens is 1. The van der Waals surface area contributed by atoms with Crippen molar-refractivity contribution in [2.24, 2.45) is 5.92 Å². The fourth-order valence-electron chi connectivity index (χ4n) is 2.65. The van der Waals surface area contributed by atoms with Crippen LogP contribution < -0.4 is 5.32 Å². The zero-order valence-corrected chi connectivity index (χ0v) is 13.4. The van der Waals surface area contributed by atoms with E-state index in [-0.39, 0.29) is 5.91 Å². The van der Waals surface area contributed by atoms with Crippen LogP contribution in [0, 0.1) is 5.92 Å². The summed E-state index contributed by atoms with van der Waals surface area (Å²) in [5.41, 5.74) is 0.505. The van der Waals surface area contributed by atoms with Crippen LogP contribution in [-0.4, -0.2) is 54.7 Å². The van der Waals surface area contributed by atoms with Crippen molar-refractivity contribution in [2.75, 3.05) is 32.8 Å². The van der Waals surface area contributed by atoms with Gasteiger partial charge in [-0.1, -0.05) is 25.4 Å². The van der Waals surface area contributed by atoms with E-state index < -0.39 is 0 Å². The number of nitrogens with zero attached hydrogens (tertiary/aromatic N) is 1. The Balaban J connectivity index is 1.90. The average Bonchev–Trinajstić information content (AvgIpc) is 2.90. The number of carbonyl (C=O) groups excluding carboxylic acids is 1. The van der Waals surface area contributed by atoms with E-state index in [0.717, 1.165) is 32.7 Å². The minimum Gasteiger partial charge on any atom is -0.379 e. The second-order valence-electron chi connectivity index (χ2n) is 5.87. The molecular formula is C15H24ClN3O2. The second-order valence-corrected chi connectivity index (χ2v) is 6.31. The summed E-state index contributed by atoms with van der Waals surface area (Å²) in [5.74, 6) is 0.485. The van der Waals surface area contributed by atoms with Crippen molar-refractivity contribution in [3.63, 3.8) is 0 Å². The summed E-state index contributed by atoms with van der Waals surface area (Å²) >= 11 is 5.82. The van der Waals surface area contributed by atoms with Gasteiger partial charge >= 0.3 is 0 Å². The molecule has 5 nitrogen and oxygen atoms in total. The molecule has 1 aliphatic heterocycles. The minimum atomic E-state index is -0.107. The summed E-state index contributed by atoms with van der Waals surface area (Å²) in [6.07, 6.45) is 2.68. The van der Waals surface area contributed by atoms with Gasteiger partial charge in [0.1, 0.15) is 5.69 Å². The monoisotopic (exact) mass is 313 g/mol. The third kappa shape index (κ3) is 5.02. The topological polar surface area (TPSA) is 57.4 Å². The number of aromatic amines is 1. The second kappa shape index (κ2) is 7.82. The number of hydrogen-bond donors (Lipinski definition) is 2. The molecule has 2 rings (SSSR count). The largest absolute Gasteiger partial charge is 0.379 e. The van der Waals surface area contributed by atoms with Gasteiger partial charge in [0.2, 0.25) is 0 Å². The number of H-pyrrole nitrogens is 1. The first-order valence-electron chi connectivity index (χ1n) is 7.50. The van der Waals surface area contributed by atoms with E-state index in [1.165, 1.54) is 0 Å². The zero-order chi connectivity index (χ0) is 15.2. The standard InChI is InChI=1S/C15H24ClN3O2/c1-11(2)7-13(19-3-5-21-6-4-19)10-18-15(20)14-8-12(16)9-17-14/h8-9,11,13,17H,3-7,10H2,1-2H3,(H,18,20). The van der Waals surface area contributed by atoms with Gasteiger partial charge in [-0.05, 0) is 18.4 Å². The number of carbonyl (C=O) groups is 1. The van der Waals surface area contributed by atoms with Crippen molar-refractivity contribution >= 4 is 17.5 Å². The van der Waals surface area contributed by atoms with Crippen LogP contribution in [0.3, 0.4) is 0 Å². The molecule has 2 heterocycles. The molecule has 1 aromatic heterocycles. The molecule has 118 valence electrons. The first-order valence-corrected chi connectivity index (χ1v) is 7.88. The fourth-order valence-corrected chi connectivity index (χ4v) is 2.82. The molecule has 1 aromatic rings. The van der Waals surface area contributed by atoms with Crippen LogP contribution in [0.2, 0.25) is 5.02 Å². The smallest absolute Gasteiger partial charge is 0.267 e. The van der Waals surface area contributed by atoms with E-state index in [2.05, 4.69) is 29.0 Å². The van der Waals surface area contributed by atoms with Crippen molar-refractivity contribution < 1.29 is 9.53 Å². The maximum atomic E-state index is 12.1. The molecule has 1 amide bonds. The Morgan fingerprint density at radius 1 is 1.48 bits per heavy atom. The summed E-state index contributed by atoms with van der Waals surface area (Å²) < 4.78 is 5.40. The van der Waals surface area contributed by atoms with E-state index in [4.69, 9.17) is 16.3 Å². The molecule has 1 unspecified atom stereocenters. The highest BCUT2D eigenvalue weighted by molar-refractivity contribution is 6.30. The molecule has 0 aromatic carbocycles. The van der Waals surface area contributed by atoms with Gasteiger partial charge < -0.3 is 15.0 Å². The van der Waals surface area contributed by atoms with Gasteiger partial charge in [-0.2, -0.15) is 0 Å². The molecule has 0 spiro atoms. The number of ether oxygens (including phenoxy) is 1. The summed E-state index contributed by atoms with van der Waals surface area (Å²) in [4.78, 5) is 17.4. The van der Waals surface area contributed by atoms with Crippen LogP contribution >= 0.6 is 11.6 Å². The summed E-state index contributed by atoms with van der Waals surface area (Å²) in [6.45, 7) is 8.47. The van der Waals surface area contributed by atoms with Crippen LogP contribution in [0.1, 0.15) is 30.8 Å². The van der Waals surface area contributed by atoms with Crippen LogP contribution in [-0.2, 0) is 4.74 Å². The maximum Gasteiger partial charge on any atom is 0.267 e. The molecule has 6 heteroatoms. The van der Waals surface area contributed by atoms with Crippen molar-refractivity contribution in [3.05, 3.63) is 23.0 Å². The normalized spacial score (nSPS) is 17.9. The molecule has 0 bridgehead atoms. The van der Waals surface area contributed by atoms with Crippen LogP contribution in [0.25, 0.3) is 0 Å². The van der Waals surface area contributed by atoms with Crippen molar-refractivity contribution in [3.8, 4) is 0 Å². The predicted molar refractivity (Wildman–Crippen MR) is 83.8 cm³/mol. The first-order chi connectivity index (χ1) is 10.1. The number of halogens is 1. The Morgan fingerprint density at radius 2 is 2.19 bits per heavy atom. The lowest BCUT2D eigenvalue weighted by Gasteiger charge is -2.35. The van der Waals surface area contributed by atoms with E-state index in [9.17, 15) is 4.79 Å². The van der Waals surface area contributed by atoms with Gasteiger partial charge in [-0.15, -0.1) is 0 Å². The Hall–Kier alpha value is -1.04. The molecule has 1 aliphatic rings. The molecule has 21 heavy (non-hydrogen) atoms.